The van der Waals surface area contributed by atoms with Crippen molar-refractivity contribution in [3.8, 4) is 0 Å². The van der Waals surface area contributed by atoms with Gasteiger partial charge in [0.15, 0.2) is 0 Å². The Morgan fingerprint density at radius 2 is 1.82 bits per heavy atom. The normalized spacial score (nSPS) is 23.3. The van der Waals surface area contributed by atoms with E-state index in [0.29, 0.717) is 6.54 Å². The number of nitrogens with one attached hydrogen (secondary N) is 3. The Morgan fingerprint density at radius 1 is 1.12 bits per heavy atom. The fourth-order valence-electron chi connectivity index (χ4n) is 3.81. The number of halogens is 3. The van der Waals surface area contributed by atoms with Crippen LogP contribution in [0.2, 0.25) is 0 Å². The Bertz CT molecular complexity index is 826. The van der Waals surface area contributed by atoms with Crippen molar-refractivity contribution in [1.82, 2.24) is 15.5 Å². The van der Waals surface area contributed by atoms with Crippen LogP contribution in [0.3, 0.4) is 0 Å². The number of aliphatic hydroxyl groups excluding tert-OH is 1. The molecule has 1 aromatic carbocycles. The summed E-state index contributed by atoms with van der Waals surface area (Å²) in [4.78, 5) is 26.7. The number of hydrogen-bond donors (Lipinski definition) is 4. The van der Waals surface area contributed by atoms with Crippen LogP contribution in [0.15, 0.2) is 36.4 Å². The molecule has 4 N–H and O–H groups in total. The first kappa shape index (κ1) is 25.0. The predicted octanol–water partition coefficient (Wildman–Crippen LogP) is 2.11. The van der Waals surface area contributed by atoms with Crippen molar-refractivity contribution in [3.05, 3.63) is 42.0 Å². The average Bonchev–Trinajstić information content (AvgIpc) is 3.28. The van der Waals surface area contributed by atoms with Gasteiger partial charge in [-0.1, -0.05) is 12.2 Å². The van der Waals surface area contributed by atoms with E-state index in [1.165, 1.54) is 12.8 Å². The van der Waals surface area contributed by atoms with E-state index < -0.39 is 36.0 Å². The summed E-state index contributed by atoms with van der Waals surface area (Å²) in [6, 6.07) is 2.71. The second-order valence-corrected chi connectivity index (χ2v) is 8.08. The van der Waals surface area contributed by atoms with E-state index in [0.717, 1.165) is 43.9 Å². The molecular formula is C22H29F3N4O4. The van der Waals surface area contributed by atoms with Crippen LogP contribution in [0, 0.1) is 0 Å². The maximum absolute atomic E-state index is 12.6. The summed E-state index contributed by atoms with van der Waals surface area (Å²) >= 11 is 0. The lowest BCUT2D eigenvalue weighted by molar-refractivity contribution is -0.137. The lowest BCUT2D eigenvalue weighted by Crippen LogP contribution is -2.50. The number of aliphatic hydroxyl groups is 1. The largest absolute Gasteiger partial charge is 0.416 e. The minimum absolute atomic E-state index is 0.0947. The lowest BCUT2D eigenvalue weighted by Gasteiger charge is -2.31. The van der Waals surface area contributed by atoms with Gasteiger partial charge in [-0.2, -0.15) is 13.2 Å². The molecule has 0 saturated carbocycles. The number of benzene rings is 1. The van der Waals surface area contributed by atoms with Crippen LogP contribution in [0.25, 0.3) is 0 Å². The number of rotatable bonds is 8. The maximum atomic E-state index is 12.6. The number of urea groups is 1. The summed E-state index contributed by atoms with van der Waals surface area (Å²) < 4.78 is 43.6. The van der Waals surface area contributed by atoms with Crippen molar-refractivity contribution in [1.29, 1.82) is 0 Å². The molecule has 182 valence electrons. The zero-order valence-corrected chi connectivity index (χ0v) is 18.1. The van der Waals surface area contributed by atoms with Gasteiger partial charge in [0.05, 0.1) is 30.7 Å². The van der Waals surface area contributed by atoms with Gasteiger partial charge in [0.1, 0.15) is 6.10 Å². The summed E-state index contributed by atoms with van der Waals surface area (Å²) in [6.45, 7) is 3.11. The quantitative estimate of drug-likeness (QED) is 0.436. The SMILES string of the molecule is O=C(C[C@H]1C=C[C@H](NC(=O)Nc2ccc(C(F)(F)F)cc2)[C@@H](CO)O1)NCCN1CCCC1. The molecule has 3 atom stereocenters. The Balaban J connectivity index is 1.44. The molecule has 3 amide bonds. The van der Waals surface area contributed by atoms with E-state index in [1.54, 1.807) is 12.2 Å². The van der Waals surface area contributed by atoms with Gasteiger partial charge in [0, 0.05) is 18.8 Å². The topological polar surface area (TPSA) is 103 Å². The van der Waals surface area contributed by atoms with Crippen molar-refractivity contribution >= 4 is 17.6 Å². The van der Waals surface area contributed by atoms with Crippen LogP contribution in [-0.2, 0) is 15.7 Å². The number of nitrogens with zero attached hydrogens (tertiary/aromatic N) is 1. The summed E-state index contributed by atoms with van der Waals surface area (Å²) in [7, 11) is 0. The Labute approximate surface area is 190 Å². The molecule has 0 spiro atoms. The average molecular weight is 470 g/mol. The summed E-state index contributed by atoms with van der Waals surface area (Å²) in [5.74, 6) is -0.160. The van der Waals surface area contributed by atoms with Crippen molar-refractivity contribution in [2.24, 2.45) is 0 Å². The van der Waals surface area contributed by atoms with Gasteiger partial charge in [-0.3, -0.25) is 4.79 Å². The second-order valence-electron chi connectivity index (χ2n) is 8.08. The van der Waals surface area contributed by atoms with Gasteiger partial charge in [0.25, 0.3) is 0 Å². The second kappa shape index (κ2) is 11.5. The first-order chi connectivity index (χ1) is 15.7. The number of carbonyl (C=O) groups is 2. The Hall–Kier alpha value is -2.63. The number of alkyl halides is 3. The van der Waals surface area contributed by atoms with Crippen LogP contribution >= 0.6 is 0 Å². The fourth-order valence-corrected chi connectivity index (χ4v) is 3.81. The van der Waals surface area contributed by atoms with Gasteiger partial charge in [-0.05, 0) is 50.2 Å². The molecule has 33 heavy (non-hydrogen) atoms. The number of ether oxygens (including phenoxy) is 1. The molecule has 1 saturated heterocycles. The van der Waals surface area contributed by atoms with E-state index in [9.17, 15) is 27.9 Å². The predicted molar refractivity (Wildman–Crippen MR) is 116 cm³/mol. The van der Waals surface area contributed by atoms with E-state index in [4.69, 9.17) is 4.74 Å². The van der Waals surface area contributed by atoms with Gasteiger partial charge < -0.3 is 30.7 Å². The summed E-state index contributed by atoms with van der Waals surface area (Å²) in [6.07, 6.45) is -0.00343. The molecule has 0 radical (unpaired) electrons. The molecule has 2 aliphatic rings. The van der Waals surface area contributed by atoms with Gasteiger partial charge in [0.2, 0.25) is 5.91 Å². The molecule has 2 aliphatic heterocycles. The van der Waals surface area contributed by atoms with Crippen molar-refractivity contribution in [2.45, 2.75) is 43.7 Å². The fraction of sp³-hybridized carbons (Fsp3) is 0.545. The monoisotopic (exact) mass is 470 g/mol. The third kappa shape index (κ3) is 7.72. The minimum Gasteiger partial charge on any atom is -0.394 e. The first-order valence-electron chi connectivity index (χ1n) is 10.9. The van der Waals surface area contributed by atoms with E-state index in [-0.39, 0.29) is 24.6 Å². The van der Waals surface area contributed by atoms with Gasteiger partial charge in [-0.25, -0.2) is 4.79 Å². The third-order valence-corrected chi connectivity index (χ3v) is 5.57. The van der Waals surface area contributed by atoms with Crippen LogP contribution in [-0.4, -0.2) is 73.0 Å². The smallest absolute Gasteiger partial charge is 0.394 e. The molecule has 0 aromatic heterocycles. The third-order valence-electron chi connectivity index (χ3n) is 5.57. The molecule has 1 aromatic rings. The lowest BCUT2D eigenvalue weighted by atomic mass is 10.0. The maximum Gasteiger partial charge on any atom is 0.416 e. The molecule has 11 heteroatoms. The molecule has 8 nitrogen and oxygen atoms in total. The van der Waals surface area contributed by atoms with E-state index >= 15 is 0 Å². The van der Waals surface area contributed by atoms with Crippen molar-refractivity contribution < 1.29 is 32.6 Å². The zero-order valence-electron chi connectivity index (χ0n) is 18.1. The molecule has 0 bridgehead atoms. The highest BCUT2D eigenvalue weighted by atomic mass is 19.4. The molecule has 0 unspecified atom stereocenters. The van der Waals surface area contributed by atoms with Crippen LogP contribution in [0.4, 0.5) is 23.7 Å². The van der Waals surface area contributed by atoms with Gasteiger partial charge >= 0.3 is 12.2 Å². The summed E-state index contributed by atoms with van der Waals surface area (Å²) in [5, 5.41) is 17.6. The van der Waals surface area contributed by atoms with Crippen LogP contribution in [0.1, 0.15) is 24.8 Å². The number of anilines is 1. The number of amides is 3. The first-order valence-corrected chi connectivity index (χ1v) is 10.9. The highest BCUT2D eigenvalue weighted by Crippen LogP contribution is 2.29. The Morgan fingerprint density at radius 3 is 2.45 bits per heavy atom. The number of carbonyl (C=O) groups excluding carboxylic acids is 2. The molecule has 3 rings (SSSR count). The van der Waals surface area contributed by atoms with Gasteiger partial charge in [-0.15, -0.1) is 0 Å². The molecule has 0 aliphatic carbocycles. The highest BCUT2D eigenvalue weighted by molar-refractivity contribution is 5.89. The molecule has 1 fully saturated rings. The van der Waals surface area contributed by atoms with Crippen LogP contribution < -0.4 is 16.0 Å². The highest BCUT2D eigenvalue weighted by Gasteiger charge is 2.31. The van der Waals surface area contributed by atoms with Crippen molar-refractivity contribution in [2.75, 3.05) is 38.1 Å². The van der Waals surface area contributed by atoms with Crippen molar-refractivity contribution in [3.63, 3.8) is 0 Å². The Kier molecular flexibility index (Phi) is 8.70. The zero-order chi connectivity index (χ0) is 23.8. The van der Waals surface area contributed by atoms with E-state index in [2.05, 4.69) is 20.9 Å². The minimum atomic E-state index is -4.46. The number of likely N-dealkylation sites (tertiary alicyclic amines) is 1. The van der Waals surface area contributed by atoms with Crippen LogP contribution in [0.5, 0.6) is 0 Å². The molecule has 2 heterocycles. The van der Waals surface area contributed by atoms with E-state index in [1.807, 2.05) is 0 Å². The standard InChI is InChI=1S/C22H29F3N4O4/c23-22(24,25)15-3-5-16(6-4-15)27-21(32)28-18-8-7-17(33-19(18)14-30)13-20(31)26-9-12-29-10-1-2-11-29/h3-8,17-19,30H,1-2,9-14H2,(H,26,31)(H2,27,28,32)/t17-,18+,19-/m1/s1. The molecular weight excluding hydrogens is 441 g/mol. The number of hydrogen-bond acceptors (Lipinski definition) is 5. The summed E-state index contributed by atoms with van der Waals surface area (Å²) in [5.41, 5.74) is -0.631.